The normalized spacial score (nSPS) is 19.7. The van der Waals surface area contributed by atoms with Gasteiger partial charge in [0.05, 0.1) is 6.61 Å². The van der Waals surface area contributed by atoms with Gasteiger partial charge in [0.1, 0.15) is 24.9 Å². The second-order valence-electron chi connectivity index (χ2n) is 17.6. The Hall–Kier alpha value is -3.35. The number of esters is 2. The minimum atomic E-state index is -1.87. The fraction of sp³-hybridized carbons (Fsp3) is 0.727. The summed E-state index contributed by atoms with van der Waals surface area (Å²) in [6.45, 7) is 3.67. The van der Waals surface area contributed by atoms with Crippen molar-refractivity contribution >= 4 is 17.9 Å². The molecule has 0 bridgehead atoms. The maximum absolute atomic E-state index is 12.8. The first-order valence-electron chi connectivity index (χ1n) is 26.0. The van der Waals surface area contributed by atoms with Crippen LogP contribution in [-0.2, 0) is 33.3 Å². The van der Waals surface area contributed by atoms with E-state index in [1.807, 2.05) is 6.08 Å². The van der Waals surface area contributed by atoms with Crippen molar-refractivity contribution in [2.75, 3.05) is 13.2 Å². The topological polar surface area (TPSA) is 169 Å². The van der Waals surface area contributed by atoms with Crippen LogP contribution in [0.25, 0.3) is 0 Å². The Labute approximate surface area is 399 Å². The lowest BCUT2D eigenvalue weighted by Gasteiger charge is -2.38. The highest BCUT2D eigenvalue weighted by Crippen LogP contribution is 2.23. The van der Waals surface area contributed by atoms with E-state index in [0.717, 1.165) is 51.4 Å². The molecular weight excluding hydrogens is 837 g/mol. The number of carbonyl (C=O) groups excluding carboxylic acids is 2. The highest BCUT2D eigenvalue weighted by Gasteiger charge is 2.47. The van der Waals surface area contributed by atoms with E-state index in [1.54, 1.807) is 0 Å². The number of ether oxygens (including phenoxy) is 4. The molecule has 378 valence electrons. The van der Waals surface area contributed by atoms with Crippen LogP contribution in [0.2, 0.25) is 0 Å². The summed E-state index contributed by atoms with van der Waals surface area (Å²) in [5, 5.41) is 39.9. The Morgan fingerprint density at radius 1 is 0.485 bits per heavy atom. The first-order chi connectivity index (χ1) is 32.2. The largest absolute Gasteiger partial charge is 0.479 e. The summed E-state index contributed by atoms with van der Waals surface area (Å²) in [6, 6.07) is 0. The van der Waals surface area contributed by atoms with Crippen LogP contribution in [0.15, 0.2) is 72.9 Å². The fourth-order valence-corrected chi connectivity index (χ4v) is 7.50. The highest BCUT2D eigenvalue weighted by atomic mass is 16.7. The number of hydrogen-bond donors (Lipinski definition) is 4. The lowest BCUT2D eigenvalue weighted by atomic mass is 9.99. The number of hydrogen-bond acceptors (Lipinski definition) is 10. The van der Waals surface area contributed by atoms with Crippen LogP contribution in [-0.4, -0.2) is 88.4 Å². The second kappa shape index (κ2) is 44.2. The van der Waals surface area contributed by atoms with E-state index in [-0.39, 0.29) is 19.4 Å². The molecule has 0 radical (unpaired) electrons. The molecule has 1 aliphatic heterocycles. The summed E-state index contributed by atoms with van der Waals surface area (Å²) >= 11 is 0. The van der Waals surface area contributed by atoms with Gasteiger partial charge in [0.2, 0.25) is 0 Å². The molecule has 0 aromatic heterocycles. The summed E-state index contributed by atoms with van der Waals surface area (Å²) in [4.78, 5) is 37.0. The minimum absolute atomic E-state index is 0.155. The Balaban J connectivity index is 2.32. The maximum Gasteiger partial charge on any atom is 0.335 e. The molecule has 0 aromatic rings. The smallest absolute Gasteiger partial charge is 0.335 e. The molecule has 1 rings (SSSR count). The van der Waals surface area contributed by atoms with Gasteiger partial charge in [0.15, 0.2) is 18.5 Å². The summed E-state index contributed by atoms with van der Waals surface area (Å²) in [6.07, 6.45) is 48.2. The third-order valence-corrected chi connectivity index (χ3v) is 11.5. The van der Waals surface area contributed by atoms with E-state index in [9.17, 15) is 34.8 Å². The van der Waals surface area contributed by atoms with Gasteiger partial charge in [-0.05, 0) is 77.0 Å². The van der Waals surface area contributed by atoms with Gasteiger partial charge in [-0.2, -0.15) is 0 Å². The van der Waals surface area contributed by atoms with Crippen molar-refractivity contribution in [1.29, 1.82) is 0 Å². The average molecular weight is 929 g/mol. The second-order valence-corrected chi connectivity index (χ2v) is 17.6. The maximum atomic E-state index is 12.8. The van der Waals surface area contributed by atoms with Gasteiger partial charge in [0.25, 0.3) is 0 Å². The number of rotatable bonds is 43. The van der Waals surface area contributed by atoms with Crippen molar-refractivity contribution in [2.24, 2.45) is 0 Å². The summed E-state index contributed by atoms with van der Waals surface area (Å²) < 4.78 is 21.8. The van der Waals surface area contributed by atoms with Gasteiger partial charge < -0.3 is 39.4 Å². The minimum Gasteiger partial charge on any atom is -0.479 e. The van der Waals surface area contributed by atoms with Crippen LogP contribution in [0.3, 0.4) is 0 Å². The number of aliphatic hydroxyl groups excluding tert-OH is 3. The first-order valence-corrected chi connectivity index (χ1v) is 26.0. The molecule has 11 heteroatoms. The molecule has 1 fully saturated rings. The van der Waals surface area contributed by atoms with Crippen molar-refractivity contribution in [3.8, 4) is 0 Å². The predicted octanol–water partition coefficient (Wildman–Crippen LogP) is 12.4. The van der Waals surface area contributed by atoms with Crippen LogP contribution in [0.5, 0.6) is 0 Å². The summed E-state index contributed by atoms with van der Waals surface area (Å²) in [5.41, 5.74) is 0. The van der Waals surface area contributed by atoms with Gasteiger partial charge in [-0.15, -0.1) is 0 Å². The lowest BCUT2D eigenvalue weighted by molar-refractivity contribution is -0.298. The van der Waals surface area contributed by atoms with E-state index in [1.165, 1.54) is 109 Å². The molecule has 11 nitrogen and oxygen atoms in total. The summed E-state index contributed by atoms with van der Waals surface area (Å²) in [7, 11) is 0. The number of carboxylic acid groups (broad SMARTS) is 1. The highest BCUT2D eigenvalue weighted by molar-refractivity contribution is 5.73. The van der Waals surface area contributed by atoms with Gasteiger partial charge in [-0.25, -0.2) is 4.79 Å². The van der Waals surface area contributed by atoms with E-state index in [2.05, 4.69) is 80.7 Å². The van der Waals surface area contributed by atoms with Crippen LogP contribution in [0.1, 0.15) is 206 Å². The number of allylic oxidation sites excluding steroid dienone is 12. The molecule has 1 aliphatic rings. The molecule has 0 aliphatic carbocycles. The zero-order chi connectivity index (χ0) is 48.1. The third-order valence-electron chi connectivity index (χ3n) is 11.5. The van der Waals surface area contributed by atoms with Crippen LogP contribution in [0.4, 0.5) is 0 Å². The quantitative estimate of drug-likeness (QED) is 0.0261. The molecule has 6 unspecified atom stereocenters. The van der Waals surface area contributed by atoms with Gasteiger partial charge >= 0.3 is 17.9 Å². The number of aliphatic hydroxyl groups is 3. The molecule has 66 heavy (non-hydrogen) atoms. The van der Waals surface area contributed by atoms with Gasteiger partial charge in [-0.3, -0.25) is 9.59 Å². The van der Waals surface area contributed by atoms with Crippen LogP contribution < -0.4 is 0 Å². The summed E-state index contributed by atoms with van der Waals surface area (Å²) in [5.74, 6) is -2.52. The predicted molar refractivity (Wildman–Crippen MR) is 266 cm³/mol. The Morgan fingerprint density at radius 3 is 1.41 bits per heavy atom. The Bertz CT molecular complexity index is 1370. The molecule has 0 spiro atoms. The first kappa shape index (κ1) is 60.7. The Kier molecular flexibility index (Phi) is 40.6. The van der Waals surface area contributed by atoms with E-state index >= 15 is 0 Å². The molecular formula is C55H92O11. The van der Waals surface area contributed by atoms with Crippen LogP contribution >= 0.6 is 0 Å². The number of aliphatic carboxylic acids is 1. The van der Waals surface area contributed by atoms with E-state index < -0.39 is 61.3 Å². The molecule has 0 saturated carbocycles. The molecule has 0 amide bonds. The monoisotopic (exact) mass is 929 g/mol. The molecule has 4 N–H and O–H groups in total. The molecule has 0 aromatic carbocycles. The van der Waals surface area contributed by atoms with Crippen molar-refractivity contribution in [1.82, 2.24) is 0 Å². The Morgan fingerprint density at radius 2 is 0.909 bits per heavy atom. The lowest BCUT2D eigenvalue weighted by Crippen LogP contribution is -2.60. The molecule has 1 saturated heterocycles. The van der Waals surface area contributed by atoms with Gasteiger partial charge in [0, 0.05) is 12.8 Å². The molecule has 1 heterocycles. The number of carboxylic acids is 1. The standard InChI is InChI=1S/C55H92O11/c1-3-5-7-9-11-13-15-17-19-21-22-23-24-25-26-28-30-32-34-36-38-40-42-44-49(57)65-47(46-64-55-52(60)50(58)51(59)53(66-55)54(61)62)45-63-48(56)43-41-39-37-35-33-31-29-27-20-18-16-14-12-10-8-6-4-2/h6,8,12,14,18,20-22,29,31,35,37,47,50-53,55,58-60H,3-5,7,9-11,13,15-17,19,23-28,30,32-34,36,38-46H2,1-2H3,(H,61,62)/b8-6-,14-12-,20-18-,22-21-,31-29-,37-35-. The van der Waals surface area contributed by atoms with E-state index in [4.69, 9.17) is 18.9 Å². The average Bonchev–Trinajstić information content (AvgIpc) is 3.30. The third kappa shape index (κ3) is 34.9. The van der Waals surface area contributed by atoms with Crippen molar-refractivity contribution in [3.63, 3.8) is 0 Å². The molecule has 6 atom stereocenters. The van der Waals surface area contributed by atoms with E-state index in [0.29, 0.717) is 19.3 Å². The van der Waals surface area contributed by atoms with Crippen molar-refractivity contribution < 1.29 is 53.8 Å². The fourth-order valence-electron chi connectivity index (χ4n) is 7.50. The van der Waals surface area contributed by atoms with Gasteiger partial charge in [-0.1, -0.05) is 189 Å². The van der Waals surface area contributed by atoms with Crippen molar-refractivity contribution in [3.05, 3.63) is 72.9 Å². The number of carbonyl (C=O) groups is 3. The SMILES string of the molecule is CC/C=C\C/C=C\C/C=C\C/C=C\C/C=C\CCCC(=O)OCC(COC1OC(C(=O)O)C(O)C(O)C1O)OC(=O)CCCCCCCCCCCCC/C=C\CCCCCCCCCC. The number of unbranched alkanes of at least 4 members (excludes halogenated alkanes) is 20. The van der Waals surface area contributed by atoms with Crippen LogP contribution in [0, 0.1) is 0 Å². The zero-order valence-corrected chi connectivity index (χ0v) is 41.2. The van der Waals surface area contributed by atoms with Crippen molar-refractivity contribution in [2.45, 2.75) is 243 Å². The zero-order valence-electron chi connectivity index (χ0n) is 41.2.